The second-order valence-corrected chi connectivity index (χ2v) is 5.18. The van der Waals surface area contributed by atoms with Crippen molar-refractivity contribution in [3.05, 3.63) is 52.5 Å². The lowest BCUT2D eigenvalue weighted by Gasteiger charge is -2.05. The van der Waals surface area contributed by atoms with E-state index in [-0.39, 0.29) is 5.15 Å². The van der Waals surface area contributed by atoms with Gasteiger partial charge in [-0.2, -0.15) is 4.98 Å². The minimum absolute atomic E-state index is 0.176. The van der Waals surface area contributed by atoms with E-state index in [9.17, 15) is 4.79 Å². The molecule has 19 heavy (non-hydrogen) atoms. The number of carbonyl (C=O) groups is 1. The first-order valence-corrected chi connectivity index (χ1v) is 6.74. The van der Waals surface area contributed by atoms with Crippen molar-refractivity contribution in [2.75, 3.05) is 0 Å². The lowest BCUT2D eigenvalue weighted by Crippen LogP contribution is -1.84. The predicted molar refractivity (Wildman–Crippen MR) is 76.5 cm³/mol. The highest BCUT2D eigenvalue weighted by Crippen LogP contribution is 2.34. The zero-order chi connectivity index (χ0) is 13.2. The van der Waals surface area contributed by atoms with Crippen molar-refractivity contribution < 1.29 is 9.53 Å². The van der Waals surface area contributed by atoms with Crippen LogP contribution in [0.3, 0.4) is 0 Å². The summed E-state index contributed by atoms with van der Waals surface area (Å²) in [7, 11) is 0. The first-order valence-electron chi connectivity index (χ1n) is 5.55. The number of benzene rings is 2. The van der Waals surface area contributed by atoms with E-state index in [4.69, 9.17) is 16.3 Å². The van der Waals surface area contributed by atoms with Crippen LogP contribution in [0.4, 0.5) is 0 Å². The van der Waals surface area contributed by atoms with E-state index in [1.807, 2.05) is 42.5 Å². The Kier molecular flexibility index (Phi) is 3.19. The third kappa shape index (κ3) is 2.32. The van der Waals surface area contributed by atoms with Crippen LogP contribution in [0.15, 0.2) is 42.5 Å². The quantitative estimate of drug-likeness (QED) is 0.664. The average Bonchev–Trinajstić information content (AvgIpc) is 2.79. The van der Waals surface area contributed by atoms with Crippen LogP contribution < -0.4 is 4.74 Å². The summed E-state index contributed by atoms with van der Waals surface area (Å²) in [5.74, 6) is 0.695. The summed E-state index contributed by atoms with van der Waals surface area (Å²) < 4.78 is 5.72. The Labute approximate surface area is 118 Å². The molecule has 0 spiro atoms. The van der Waals surface area contributed by atoms with Crippen molar-refractivity contribution in [1.82, 2.24) is 4.98 Å². The highest BCUT2D eigenvalue weighted by atomic mass is 35.5. The minimum Gasteiger partial charge on any atom is -0.430 e. The molecule has 2 aromatic carbocycles. The van der Waals surface area contributed by atoms with Crippen LogP contribution in [0.1, 0.15) is 9.67 Å². The molecule has 0 amide bonds. The zero-order valence-electron chi connectivity index (χ0n) is 9.67. The second-order valence-electron chi connectivity index (χ2n) is 3.83. The maximum Gasteiger partial charge on any atom is 0.280 e. The highest BCUT2D eigenvalue weighted by molar-refractivity contribution is 7.15. The maximum atomic E-state index is 10.7. The molecule has 0 unspecified atom stereocenters. The van der Waals surface area contributed by atoms with E-state index in [0.29, 0.717) is 22.1 Å². The summed E-state index contributed by atoms with van der Waals surface area (Å²) in [6, 6.07) is 13.7. The number of halogens is 1. The van der Waals surface area contributed by atoms with E-state index in [1.165, 1.54) is 0 Å². The first kappa shape index (κ1) is 12.1. The Morgan fingerprint density at radius 2 is 1.95 bits per heavy atom. The van der Waals surface area contributed by atoms with Crippen LogP contribution in [0.2, 0.25) is 5.15 Å². The van der Waals surface area contributed by atoms with Gasteiger partial charge in [0.05, 0.1) is 0 Å². The Morgan fingerprint density at radius 1 is 1.16 bits per heavy atom. The fourth-order valence-electron chi connectivity index (χ4n) is 1.79. The van der Waals surface area contributed by atoms with Crippen molar-refractivity contribution in [3.8, 4) is 10.9 Å². The number of nitrogens with zero attached hydrogens (tertiary/aromatic N) is 1. The number of ether oxygens (including phenoxy) is 1. The lowest BCUT2D eigenvalue weighted by molar-refractivity contribution is 0.112. The van der Waals surface area contributed by atoms with Crippen molar-refractivity contribution in [3.63, 3.8) is 0 Å². The van der Waals surface area contributed by atoms with Crippen molar-refractivity contribution in [2.24, 2.45) is 0 Å². The Balaban J connectivity index is 2.03. The third-order valence-electron chi connectivity index (χ3n) is 2.64. The molecule has 3 nitrogen and oxygen atoms in total. The molecule has 0 N–H and O–H groups in total. The number of thiazole rings is 1. The van der Waals surface area contributed by atoms with E-state index in [1.54, 1.807) is 0 Å². The Hall–Kier alpha value is -1.91. The van der Waals surface area contributed by atoms with Gasteiger partial charge >= 0.3 is 0 Å². The fourth-order valence-corrected chi connectivity index (χ4v) is 2.71. The summed E-state index contributed by atoms with van der Waals surface area (Å²) in [5.41, 5.74) is 0. The molecule has 0 fully saturated rings. The van der Waals surface area contributed by atoms with Crippen LogP contribution in [-0.2, 0) is 0 Å². The molecule has 5 heteroatoms. The smallest absolute Gasteiger partial charge is 0.280 e. The largest absolute Gasteiger partial charge is 0.430 e. The number of hydrogen-bond acceptors (Lipinski definition) is 4. The van der Waals surface area contributed by atoms with Crippen LogP contribution in [-0.4, -0.2) is 11.3 Å². The van der Waals surface area contributed by atoms with Gasteiger partial charge < -0.3 is 4.74 Å². The SMILES string of the molecule is O=Cc1sc(Oc2cccc3ccccc23)nc1Cl. The Bertz CT molecular complexity index is 749. The van der Waals surface area contributed by atoms with Gasteiger partial charge in [0.15, 0.2) is 11.4 Å². The summed E-state index contributed by atoms with van der Waals surface area (Å²) in [6.07, 6.45) is 0.677. The van der Waals surface area contributed by atoms with Crippen molar-refractivity contribution in [1.29, 1.82) is 0 Å². The van der Waals surface area contributed by atoms with E-state index in [2.05, 4.69) is 4.98 Å². The zero-order valence-corrected chi connectivity index (χ0v) is 11.2. The molecule has 0 radical (unpaired) electrons. The topological polar surface area (TPSA) is 39.2 Å². The molecule has 0 aliphatic heterocycles. The standard InChI is InChI=1S/C14H8ClNO2S/c15-13-12(8-17)19-14(16-13)18-11-7-3-5-9-4-1-2-6-10(9)11/h1-8H. The number of carbonyl (C=O) groups excluding carboxylic acids is 1. The molecule has 1 aromatic heterocycles. The predicted octanol–water partition coefficient (Wildman–Crippen LogP) is 4.55. The van der Waals surface area contributed by atoms with Crippen LogP contribution in [0.25, 0.3) is 10.8 Å². The van der Waals surface area contributed by atoms with E-state index in [0.717, 1.165) is 22.1 Å². The third-order valence-corrected chi connectivity index (χ3v) is 3.90. The van der Waals surface area contributed by atoms with Crippen molar-refractivity contribution >= 4 is 40.0 Å². The number of aromatic nitrogens is 1. The molecule has 0 bridgehead atoms. The van der Waals surface area contributed by atoms with Crippen LogP contribution in [0.5, 0.6) is 10.9 Å². The highest BCUT2D eigenvalue weighted by Gasteiger charge is 2.11. The molecular weight excluding hydrogens is 282 g/mol. The fraction of sp³-hybridized carbons (Fsp3) is 0. The number of fused-ring (bicyclic) bond motifs is 1. The molecule has 0 aliphatic carbocycles. The molecular formula is C14H8ClNO2S. The molecule has 0 atom stereocenters. The number of rotatable bonds is 3. The van der Waals surface area contributed by atoms with Gasteiger partial charge in [0, 0.05) is 5.39 Å². The van der Waals surface area contributed by atoms with Crippen LogP contribution >= 0.6 is 22.9 Å². The normalized spacial score (nSPS) is 10.6. The van der Waals surface area contributed by atoms with Gasteiger partial charge in [-0.25, -0.2) is 0 Å². The number of hydrogen-bond donors (Lipinski definition) is 0. The molecule has 94 valence electrons. The van der Waals surface area contributed by atoms with Gasteiger partial charge in [0.2, 0.25) is 0 Å². The van der Waals surface area contributed by atoms with Gasteiger partial charge in [-0.1, -0.05) is 59.3 Å². The van der Waals surface area contributed by atoms with Crippen molar-refractivity contribution in [2.45, 2.75) is 0 Å². The number of aldehydes is 1. The molecule has 3 aromatic rings. The van der Waals surface area contributed by atoms with Gasteiger partial charge in [-0.3, -0.25) is 4.79 Å². The minimum atomic E-state index is 0.176. The van der Waals surface area contributed by atoms with Gasteiger partial charge in [0.25, 0.3) is 5.19 Å². The summed E-state index contributed by atoms with van der Waals surface area (Å²) in [4.78, 5) is 15.1. The average molecular weight is 290 g/mol. The molecule has 0 saturated carbocycles. The van der Waals surface area contributed by atoms with E-state index < -0.39 is 0 Å². The monoisotopic (exact) mass is 289 g/mol. The first-order chi connectivity index (χ1) is 9.28. The maximum absolute atomic E-state index is 10.7. The summed E-state index contributed by atoms with van der Waals surface area (Å²) in [6.45, 7) is 0. The van der Waals surface area contributed by atoms with E-state index >= 15 is 0 Å². The van der Waals surface area contributed by atoms with Gasteiger partial charge in [0.1, 0.15) is 10.6 Å². The molecule has 3 rings (SSSR count). The lowest BCUT2D eigenvalue weighted by atomic mass is 10.1. The summed E-state index contributed by atoms with van der Waals surface area (Å²) in [5, 5.41) is 2.61. The Morgan fingerprint density at radius 3 is 2.74 bits per heavy atom. The molecule has 0 aliphatic rings. The molecule has 0 saturated heterocycles. The van der Waals surface area contributed by atoms with Crippen LogP contribution in [0, 0.1) is 0 Å². The van der Waals surface area contributed by atoms with Gasteiger partial charge in [-0.05, 0) is 11.5 Å². The summed E-state index contributed by atoms with van der Waals surface area (Å²) >= 11 is 6.95. The second kappa shape index (κ2) is 4.99. The van der Waals surface area contributed by atoms with Gasteiger partial charge in [-0.15, -0.1) is 0 Å². The molecule has 1 heterocycles.